The van der Waals surface area contributed by atoms with Crippen LogP contribution in [0.4, 0.5) is 17.6 Å². The van der Waals surface area contributed by atoms with Crippen LogP contribution < -0.4 is 10.1 Å². The van der Waals surface area contributed by atoms with Gasteiger partial charge < -0.3 is 10.1 Å². The van der Waals surface area contributed by atoms with Crippen LogP contribution in [0.2, 0.25) is 0 Å². The van der Waals surface area contributed by atoms with Gasteiger partial charge in [0.25, 0.3) is 5.91 Å². The Hall–Kier alpha value is -2.91. The number of nitrogens with one attached hydrogen (secondary N) is 1. The monoisotopic (exact) mass is 360 g/mol. The van der Waals surface area contributed by atoms with Gasteiger partial charge in [0.2, 0.25) is 11.8 Å². The molecule has 1 aliphatic rings. The molecule has 0 spiro atoms. The Morgan fingerprint density at radius 1 is 1.28 bits per heavy atom. The second kappa shape index (κ2) is 6.91. The molecule has 0 unspecified atom stereocenters. The minimum Gasteiger partial charge on any atom is -0.428 e. The summed E-state index contributed by atoms with van der Waals surface area (Å²) in [4.78, 5) is 35.7. The number of halogens is 4. The Labute approximate surface area is 139 Å². The highest BCUT2D eigenvalue weighted by Crippen LogP contribution is 2.27. The number of hydrogen-bond donors (Lipinski definition) is 1. The predicted molar refractivity (Wildman–Crippen MR) is 76.5 cm³/mol. The van der Waals surface area contributed by atoms with Crippen LogP contribution in [0.25, 0.3) is 6.08 Å². The van der Waals surface area contributed by atoms with Gasteiger partial charge in [0.15, 0.2) is 0 Å². The lowest BCUT2D eigenvalue weighted by molar-refractivity contribution is -0.253. The molecule has 0 atom stereocenters. The molecule has 0 bridgehead atoms. The Balaban J connectivity index is 2.19. The largest absolute Gasteiger partial charge is 0.461 e. The van der Waals surface area contributed by atoms with Gasteiger partial charge in [0, 0.05) is 6.92 Å². The summed E-state index contributed by atoms with van der Waals surface area (Å²) >= 11 is 0. The third-order valence-corrected chi connectivity index (χ3v) is 3.13. The molecular formula is C15H12F4N2O4. The first-order chi connectivity index (χ1) is 11.6. The average molecular weight is 360 g/mol. The second-order valence-electron chi connectivity index (χ2n) is 5.05. The molecular weight excluding hydrogens is 348 g/mol. The van der Waals surface area contributed by atoms with Gasteiger partial charge in [-0.2, -0.15) is 17.6 Å². The van der Waals surface area contributed by atoms with Crippen molar-refractivity contribution >= 4 is 23.8 Å². The summed E-state index contributed by atoms with van der Waals surface area (Å²) in [6.45, 7) is 0.727. The van der Waals surface area contributed by atoms with Gasteiger partial charge in [-0.15, -0.1) is 0 Å². The lowest BCUT2D eigenvalue weighted by atomic mass is 10.1. The van der Waals surface area contributed by atoms with Crippen LogP contribution in [-0.2, 0) is 14.4 Å². The molecule has 1 aromatic carbocycles. The quantitative estimate of drug-likeness (QED) is 0.656. The molecule has 6 nitrogen and oxygen atoms in total. The van der Waals surface area contributed by atoms with Crippen molar-refractivity contribution in [3.63, 3.8) is 0 Å². The molecule has 0 radical (unpaired) electrons. The third kappa shape index (κ3) is 4.34. The molecule has 0 saturated carbocycles. The van der Waals surface area contributed by atoms with E-state index < -0.39 is 42.5 Å². The summed E-state index contributed by atoms with van der Waals surface area (Å²) in [5.74, 6) is -2.41. The zero-order valence-corrected chi connectivity index (χ0v) is 12.8. The molecule has 0 aromatic heterocycles. The van der Waals surface area contributed by atoms with Crippen molar-refractivity contribution in [3.8, 4) is 5.75 Å². The Kier molecular flexibility index (Phi) is 5.10. The van der Waals surface area contributed by atoms with Crippen molar-refractivity contribution in [1.29, 1.82) is 0 Å². The second-order valence-corrected chi connectivity index (χ2v) is 5.05. The van der Waals surface area contributed by atoms with Crippen LogP contribution in [0.1, 0.15) is 12.5 Å². The Morgan fingerprint density at radius 2 is 1.88 bits per heavy atom. The highest BCUT2D eigenvalue weighted by molar-refractivity contribution is 6.12. The first-order valence-electron chi connectivity index (χ1n) is 6.89. The minimum absolute atomic E-state index is 0.182. The average Bonchev–Trinajstić information content (AvgIpc) is 2.51. The van der Waals surface area contributed by atoms with Gasteiger partial charge >= 0.3 is 12.5 Å². The van der Waals surface area contributed by atoms with E-state index in [0.717, 1.165) is 24.0 Å². The van der Waals surface area contributed by atoms with E-state index in [1.165, 1.54) is 18.2 Å². The molecule has 3 amide bonds. The fraction of sp³-hybridized carbons (Fsp3) is 0.267. The van der Waals surface area contributed by atoms with Crippen LogP contribution in [-0.4, -0.2) is 41.7 Å². The van der Waals surface area contributed by atoms with Crippen molar-refractivity contribution in [2.24, 2.45) is 0 Å². The van der Waals surface area contributed by atoms with Gasteiger partial charge in [-0.1, -0.05) is 12.1 Å². The summed E-state index contributed by atoms with van der Waals surface area (Å²) in [5.41, 5.74) is 0.111. The van der Waals surface area contributed by atoms with Gasteiger partial charge in [-0.05, 0) is 23.8 Å². The predicted octanol–water partition coefficient (Wildman–Crippen LogP) is 1.77. The SMILES string of the molecule is CC(=O)N1CC(=O)NC(=Cc2ccc(OC(F)(F)C(F)F)cc2)C1=O. The molecule has 1 aromatic rings. The van der Waals surface area contributed by atoms with E-state index in [4.69, 9.17) is 0 Å². The van der Waals surface area contributed by atoms with Crippen molar-refractivity contribution < 1.29 is 36.7 Å². The number of alkyl halides is 4. The number of carbonyl (C=O) groups excluding carboxylic acids is 3. The van der Waals surface area contributed by atoms with Crippen molar-refractivity contribution in [2.75, 3.05) is 6.54 Å². The van der Waals surface area contributed by atoms with Crippen LogP contribution in [0, 0.1) is 0 Å². The first kappa shape index (κ1) is 18.4. The van der Waals surface area contributed by atoms with E-state index in [-0.39, 0.29) is 5.70 Å². The number of imide groups is 1. The van der Waals surface area contributed by atoms with Gasteiger partial charge in [0.1, 0.15) is 18.0 Å². The van der Waals surface area contributed by atoms with E-state index >= 15 is 0 Å². The Bertz CT molecular complexity index is 732. The molecule has 1 heterocycles. The first-order valence-corrected chi connectivity index (χ1v) is 6.89. The molecule has 1 N–H and O–H groups in total. The number of amides is 3. The lowest BCUT2D eigenvalue weighted by Gasteiger charge is -2.25. The van der Waals surface area contributed by atoms with E-state index in [1.807, 2.05) is 0 Å². The van der Waals surface area contributed by atoms with Crippen LogP contribution in [0.5, 0.6) is 5.75 Å². The zero-order chi connectivity index (χ0) is 18.8. The van der Waals surface area contributed by atoms with E-state index in [0.29, 0.717) is 5.56 Å². The van der Waals surface area contributed by atoms with Crippen LogP contribution >= 0.6 is 0 Å². The molecule has 1 aliphatic heterocycles. The smallest absolute Gasteiger partial charge is 0.428 e. The summed E-state index contributed by atoms with van der Waals surface area (Å²) in [6.07, 6.45) is -7.40. The van der Waals surface area contributed by atoms with Gasteiger partial charge in [-0.3, -0.25) is 19.3 Å². The van der Waals surface area contributed by atoms with Gasteiger partial charge in [0.05, 0.1) is 0 Å². The van der Waals surface area contributed by atoms with E-state index in [2.05, 4.69) is 10.1 Å². The standard InChI is InChI=1S/C15H12F4N2O4/c1-8(22)21-7-12(23)20-11(13(21)24)6-9-2-4-10(5-3-9)25-15(18,19)14(16)17/h2-6,14H,7H2,1H3,(H,20,23). The summed E-state index contributed by atoms with van der Waals surface area (Å²) in [7, 11) is 0. The van der Waals surface area contributed by atoms with E-state index in [1.54, 1.807) is 0 Å². The normalized spacial score (nSPS) is 17.0. The van der Waals surface area contributed by atoms with Crippen molar-refractivity contribution in [2.45, 2.75) is 19.5 Å². The maximum Gasteiger partial charge on any atom is 0.461 e. The highest BCUT2D eigenvalue weighted by Gasteiger charge is 2.43. The maximum atomic E-state index is 12.8. The number of rotatable bonds is 4. The summed E-state index contributed by atoms with van der Waals surface area (Å²) < 4.78 is 53.7. The number of nitrogens with zero attached hydrogens (tertiary/aromatic N) is 1. The topological polar surface area (TPSA) is 75.7 Å². The highest BCUT2D eigenvalue weighted by atomic mass is 19.3. The van der Waals surface area contributed by atoms with E-state index in [9.17, 15) is 31.9 Å². The Morgan fingerprint density at radius 3 is 2.40 bits per heavy atom. The van der Waals surface area contributed by atoms with Gasteiger partial charge in [-0.25, -0.2) is 0 Å². The molecule has 0 aliphatic carbocycles. The fourth-order valence-corrected chi connectivity index (χ4v) is 1.96. The molecule has 1 saturated heterocycles. The lowest BCUT2D eigenvalue weighted by Crippen LogP contribution is -2.51. The van der Waals surface area contributed by atoms with Crippen LogP contribution in [0.3, 0.4) is 0 Å². The molecule has 1 fully saturated rings. The molecule has 134 valence electrons. The minimum atomic E-state index is -4.63. The number of ether oxygens (including phenoxy) is 1. The van der Waals surface area contributed by atoms with Crippen molar-refractivity contribution in [3.05, 3.63) is 35.5 Å². The number of piperazine rings is 1. The molecule has 10 heteroatoms. The molecule has 2 rings (SSSR count). The van der Waals surface area contributed by atoms with Crippen molar-refractivity contribution in [1.82, 2.24) is 10.2 Å². The number of benzene rings is 1. The maximum absolute atomic E-state index is 12.8. The molecule has 25 heavy (non-hydrogen) atoms. The summed E-state index contributed by atoms with van der Waals surface area (Å²) in [6, 6.07) is 4.44. The summed E-state index contributed by atoms with van der Waals surface area (Å²) in [5, 5.41) is 2.30. The third-order valence-electron chi connectivity index (χ3n) is 3.13. The number of hydrogen-bond acceptors (Lipinski definition) is 4. The fourth-order valence-electron chi connectivity index (χ4n) is 1.96. The zero-order valence-electron chi connectivity index (χ0n) is 12.8. The van der Waals surface area contributed by atoms with Crippen LogP contribution in [0.15, 0.2) is 30.0 Å². The number of carbonyl (C=O) groups is 3.